The van der Waals surface area contributed by atoms with Crippen LogP contribution in [-0.2, 0) is 4.79 Å². The molecule has 2 heteroatoms. The van der Waals surface area contributed by atoms with E-state index in [0.29, 0.717) is 12.2 Å². The van der Waals surface area contributed by atoms with Crippen LogP contribution in [0, 0.1) is 0 Å². The zero-order valence-electron chi connectivity index (χ0n) is 5.74. The first-order valence-corrected chi connectivity index (χ1v) is 3.33. The van der Waals surface area contributed by atoms with Gasteiger partial charge in [0.15, 0.2) is 0 Å². The maximum atomic E-state index is 10.6. The topological polar surface area (TPSA) is 17.1 Å². The van der Waals surface area contributed by atoms with E-state index in [4.69, 9.17) is 0 Å². The van der Waals surface area contributed by atoms with Crippen molar-refractivity contribution in [1.29, 1.82) is 0 Å². The highest BCUT2D eigenvalue weighted by molar-refractivity contribution is 6.41. The highest BCUT2D eigenvalue weighted by Crippen LogP contribution is 1.89. The SMILES string of the molecule is CCBCC(=O)CC. The van der Waals surface area contributed by atoms with Gasteiger partial charge in [0.1, 0.15) is 13.1 Å². The van der Waals surface area contributed by atoms with Crippen molar-refractivity contribution < 1.29 is 4.79 Å². The molecule has 0 bridgehead atoms. The van der Waals surface area contributed by atoms with E-state index in [1.807, 2.05) is 6.92 Å². The maximum Gasteiger partial charge on any atom is 0.129 e. The van der Waals surface area contributed by atoms with Gasteiger partial charge in [-0.3, -0.25) is 0 Å². The maximum absolute atomic E-state index is 10.6. The number of Topliss-reactive ketones (excluding diaryl/α,β-unsaturated/α-hetero) is 1. The zero-order chi connectivity index (χ0) is 6.41. The molecule has 0 aliphatic carbocycles. The first-order chi connectivity index (χ1) is 3.81. The van der Waals surface area contributed by atoms with Gasteiger partial charge in [0.25, 0.3) is 0 Å². The van der Waals surface area contributed by atoms with Crippen LogP contribution in [-0.4, -0.2) is 13.1 Å². The van der Waals surface area contributed by atoms with Crippen LogP contribution in [0.15, 0.2) is 0 Å². The summed E-state index contributed by atoms with van der Waals surface area (Å²) >= 11 is 0. The fourth-order valence-corrected chi connectivity index (χ4v) is 0.551. The van der Waals surface area contributed by atoms with Gasteiger partial charge in [0, 0.05) is 6.42 Å². The van der Waals surface area contributed by atoms with Crippen molar-refractivity contribution in [1.82, 2.24) is 0 Å². The lowest BCUT2D eigenvalue weighted by Crippen LogP contribution is -1.98. The Hall–Kier alpha value is -0.265. The number of hydrogen-bond acceptors (Lipinski definition) is 1. The summed E-state index contributed by atoms with van der Waals surface area (Å²) in [4.78, 5) is 10.6. The summed E-state index contributed by atoms with van der Waals surface area (Å²) in [7, 11) is 1.06. The third kappa shape index (κ3) is 3.91. The molecular formula is C6H13BO. The Morgan fingerprint density at radius 3 is 2.50 bits per heavy atom. The molecule has 0 aromatic heterocycles. The van der Waals surface area contributed by atoms with Gasteiger partial charge >= 0.3 is 0 Å². The van der Waals surface area contributed by atoms with Gasteiger partial charge in [-0.05, 0) is 6.32 Å². The summed E-state index contributed by atoms with van der Waals surface area (Å²) in [5, 5.41) is 0. The molecule has 0 unspecified atom stereocenters. The van der Waals surface area contributed by atoms with Gasteiger partial charge in [-0.25, -0.2) is 0 Å². The van der Waals surface area contributed by atoms with Crippen molar-refractivity contribution in [3.8, 4) is 0 Å². The highest BCUT2D eigenvalue weighted by atomic mass is 16.1. The summed E-state index contributed by atoms with van der Waals surface area (Å²) in [5.74, 6) is 0.395. The van der Waals surface area contributed by atoms with E-state index in [0.717, 1.165) is 19.9 Å². The van der Waals surface area contributed by atoms with Gasteiger partial charge in [0.2, 0.25) is 0 Å². The van der Waals surface area contributed by atoms with Gasteiger partial charge in [0.05, 0.1) is 0 Å². The Morgan fingerprint density at radius 1 is 1.50 bits per heavy atom. The first kappa shape index (κ1) is 7.73. The third-order valence-corrected chi connectivity index (χ3v) is 1.20. The Morgan fingerprint density at radius 2 is 2.12 bits per heavy atom. The molecule has 0 amide bonds. The lowest BCUT2D eigenvalue weighted by molar-refractivity contribution is -0.116. The number of carbonyl (C=O) groups excluding carboxylic acids is 1. The molecular weight excluding hydrogens is 98.9 g/mol. The predicted octanol–water partition coefficient (Wildman–Crippen LogP) is 1.26. The van der Waals surface area contributed by atoms with Crippen LogP contribution in [0.5, 0.6) is 0 Å². The average molecular weight is 112 g/mol. The summed E-state index contributed by atoms with van der Waals surface area (Å²) in [6.07, 6.45) is 2.62. The van der Waals surface area contributed by atoms with Gasteiger partial charge in [-0.2, -0.15) is 0 Å². The third-order valence-electron chi connectivity index (χ3n) is 1.20. The molecule has 0 heterocycles. The number of ketones is 1. The van der Waals surface area contributed by atoms with Crippen LogP contribution in [0.3, 0.4) is 0 Å². The fourth-order valence-electron chi connectivity index (χ4n) is 0.551. The smallest absolute Gasteiger partial charge is 0.129 e. The van der Waals surface area contributed by atoms with Crippen molar-refractivity contribution in [3.05, 3.63) is 0 Å². The number of rotatable bonds is 4. The second kappa shape index (κ2) is 4.88. The zero-order valence-corrected chi connectivity index (χ0v) is 5.74. The molecule has 0 saturated carbocycles. The number of hydrogen-bond donors (Lipinski definition) is 0. The van der Waals surface area contributed by atoms with Gasteiger partial charge < -0.3 is 4.79 Å². The van der Waals surface area contributed by atoms with Gasteiger partial charge in [-0.1, -0.05) is 20.2 Å². The van der Waals surface area contributed by atoms with Crippen LogP contribution in [0.25, 0.3) is 0 Å². The van der Waals surface area contributed by atoms with Crippen molar-refractivity contribution in [2.45, 2.75) is 32.9 Å². The van der Waals surface area contributed by atoms with E-state index in [1.165, 1.54) is 0 Å². The molecule has 0 spiro atoms. The summed E-state index contributed by atoms with van der Waals surface area (Å²) in [6.45, 7) is 4.01. The minimum absolute atomic E-state index is 0.395. The minimum Gasteiger partial charge on any atom is -0.301 e. The Kier molecular flexibility index (Phi) is 4.72. The molecule has 0 aromatic rings. The van der Waals surface area contributed by atoms with Crippen LogP contribution < -0.4 is 0 Å². The normalized spacial score (nSPS) is 8.75. The van der Waals surface area contributed by atoms with E-state index in [9.17, 15) is 4.79 Å². The van der Waals surface area contributed by atoms with E-state index < -0.39 is 0 Å². The van der Waals surface area contributed by atoms with Crippen molar-refractivity contribution in [2.75, 3.05) is 0 Å². The summed E-state index contributed by atoms with van der Waals surface area (Å²) in [6, 6.07) is 0. The molecule has 0 radical (unpaired) electrons. The molecule has 1 nitrogen and oxygen atoms in total. The van der Waals surface area contributed by atoms with Crippen molar-refractivity contribution in [2.24, 2.45) is 0 Å². The molecule has 0 atom stereocenters. The fraction of sp³-hybridized carbons (Fsp3) is 0.833. The lowest BCUT2D eigenvalue weighted by Gasteiger charge is -1.89. The second-order valence-corrected chi connectivity index (χ2v) is 2.00. The van der Waals surface area contributed by atoms with Crippen LogP contribution in [0.2, 0.25) is 12.6 Å². The molecule has 0 saturated heterocycles. The standard InChI is InChI=1S/C6H13BO/c1-3-6(8)5-7-4-2/h7H,3-5H2,1-2H3. The monoisotopic (exact) mass is 112 g/mol. The van der Waals surface area contributed by atoms with Gasteiger partial charge in [-0.15, -0.1) is 0 Å². The quantitative estimate of drug-likeness (QED) is 0.500. The highest BCUT2D eigenvalue weighted by Gasteiger charge is 1.95. The molecule has 0 N–H and O–H groups in total. The summed E-state index contributed by atoms with van der Waals surface area (Å²) < 4.78 is 0. The average Bonchev–Trinajstić information content (AvgIpc) is 1.83. The molecule has 0 rings (SSSR count). The molecule has 0 fully saturated rings. The Balaban J connectivity index is 2.99. The minimum atomic E-state index is 0.395. The molecule has 0 aliphatic heterocycles. The predicted molar refractivity (Wildman–Crippen MR) is 37.7 cm³/mol. The molecule has 46 valence electrons. The van der Waals surface area contributed by atoms with E-state index in [2.05, 4.69) is 6.92 Å². The van der Waals surface area contributed by atoms with E-state index >= 15 is 0 Å². The lowest BCUT2D eigenvalue weighted by atomic mass is 9.70. The van der Waals surface area contributed by atoms with Crippen molar-refractivity contribution in [3.63, 3.8) is 0 Å². The largest absolute Gasteiger partial charge is 0.301 e. The molecule has 0 aliphatic rings. The van der Waals surface area contributed by atoms with E-state index in [-0.39, 0.29) is 0 Å². The number of carbonyl (C=O) groups is 1. The Bertz CT molecular complexity index is 70.9. The van der Waals surface area contributed by atoms with E-state index in [1.54, 1.807) is 0 Å². The first-order valence-electron chi connectivity index (χ1n) is 3.33. The second-order valence-electron chi connectivity index (χ2n) is 2.00. The van der Waals surface area contributed by atoms with Crippen LogP contribution >= 0.6 is 0 Å². The van der Waals surface area contributed by atoms with Crippen molar-refractivity contribution >= 4 is 13.1 Å². The Labute approximate surface area is 51.7 Å². The van der Waals surface area contributed by atoms with Crippen LogP contribution in [0.1, 0.15) is 20.3 Å². The summed E-state index contributed by atoms with van der Waals surface area (Å²) in [5.41, 5.74) is 0. The van der Waals surface area contributed by atoms with Crippen LogP contribution in [0.4, 0.5) is 0 Å². The molecule has 8 heavy (non-hydrogen) atoms. The molecule has 0 aromatic carbocycles.